The summed E-state index contributed by atoms with van der Waals surface area (Å²) in [6.07, 6.45) is 1.37. The van der Waals surface area contributed by atoms with Crippen molar-refractivity contribution in [2.24, 2.45) is 5.92 Å². The Morgan fingerprint density at radius 3 is 2.70 bits per heavy atom. The Bertz CT molecular complexity index is 494. The Kier molecular flexibility index (Phi) is 6.38. The third-order valence-electron chi connectivity index (χ3n) is 3.00. The number of hydrogen-bond acceptors (Lipinski definition) is 4. The summed E-state index contributed by atoms with van der Waals surface area (Å²) < 4.78 is 10.4. The van der Waals surface area contributed by atoms with Crippen LogP contribution in [0.3, 0.4) is 0 Å². The van der Waals surface area contributed by atoms with Gasteiger partial charge in [0.2, 0.25) is 5.91 Å². The van der Waals surface area contributed by atoms with Gasteiger partial charge in [-0.2, -0.15) is 5.26 Å². The Hall–Kier alpha value is -2.22. The average molecular weight is 276 g/mol. The molecule has 0 saturated carbocycles. The zero-order chi connectivity index (χ0) is 15.0. The van der Waals surface area contributed by atoms with Crippen LogP contribution in [0.4, 0.5) is 0 Å². The molecule has 5 nitrogen and oxygen atoms in total. The molecule has 1 unspecified atom stereocenters. The maximum atomic E-state index is 11.9. The molecule has 0 aliphatic rings. The van der Waals surface area contributed by atoms with Gasteiger partial charge in [0.05, 0.1) is 20.3 Å². The number of nitrogens with one attached hydrogen (secondary N) is 1. The molecule has 0 aliphatic carbocycles. The molecule has 1 aromatic rings. The van der Waals surface area contributed by atoms with Gasteiger partial charge in [-0.05, 0) is 18.6 Å². The topological polar surface area (TPSA) is 71.4 Å². The average Bonchev–Trinajstić information content (AvgIpc) is 2.49. The van der Waals surface area contributed by atoms with E-state index in [9.17, 15) is 4.79 Å². The van der Waals surface area contributed by atoms with Crippen LogP contribution in [0.1, 0.15) is 25.3 Å². The van der Waals surface area contributed by atoms with E-state index < -0.39 is 5.92 Å². The first-order chi connectivity index (χ1) is 9.65. The number of ether oxygens (including phenoxy) is 2. The highest BCUT2D eigenvalue weighted by Gasteiger charge is 2.16. The quantitative estimate of drug-likeness (QED) is 0.829. The largest absolute Gasteiger partial charge is 0.497 e. The zero-order valence-electron chi connectivity index (χ0n) is 12.1. The highest BCUT2D eigenvalue weighted by Crippen LogP contribution is 2.24. The number of methoxy groups -OCH3 is 2. The van der Waals surface area contributed by atoms with Crippen molar-refractivity contribution in [2.75, 3.05) is 14.2 Å². The first kappa shape index (κ1) is 15.8. The summed E-state index contributed by atoms with van der Waals surface area (Å²) in [7, 11) is 3.15. The second kappa shape index (κ2) is 8.05. The van der Waals surface area contributed by atoms with E-state index in [1.165, 1.54) is 0 Å². The molecule has 0 bridgehead atoms. The van der Waals surface area contributed by atoms with Crippen molar-refractivity contribution >= 4 is 5.91 Å². The predicted octanol–water partition coefficient (Wildman–Crippen LogP) is 2.26. The van der Waals surface area contributed by atoms with E-state index in [1.807, 2.05) is 19.1 Å². The molecule has 0 saturated heterocycles. The van der Waals surface area contributed by atoms with Gasteiger partial charge in [0, 0.05) is 18.2 Å². The number of amides is 1. The highest BCUT2D eigenvalue weighted by atomic mass is 16.5. The first-order valence-corrected chi connectivity index (χ1v) is 6.54. The summed E-state index contributed by atoms with van der Waals surface area (Å²) in [5.74, 6) is 0.503. The van der Waals surface area contributed by atoms with E-state index in [0.29, 0.717) is 24.5 Å². The van der Waals surface area contributed by atoms with Crippen molar-refractivity contribution in [1.29, 1.82) is 5.26 Å². The van der Waals surface area contributed by atoms with E-state index in [2.05, 4.69) is 5.32 Å². The third-order valence-corrected chi connectivity index (χ3v) is 3.00. The number of hydrogen-bond donors (Lipinski definition) is 1. The second-order valence-corrected chi connectivity index (χ2v) is 4.37. The van der Waals surface area contributed by atoms with Crippen LogP contribution >= 0.6 is 0 Å². The smallest absolute Gasteiger partial charge is 0.237 e. The fraction of sp³-hybridized carbons (Fsp3) is 0.467. The summed E-state index contributed by atoms with van der Waals surface area (Å²) in [6.45, 7) is 2.28. The molecule has 20 heavy (non-hydrogen) atoms. The number of carbonyl (C=O) groups excluding carboxylic acids is 1. The molecule has 1 N–H and O–H groups in total. The molecule has 0 aromatic heterocycles. The molecule has 0 fully saturated rings. The lowest BCUT2D eigenvalue weighted by atomic mass is 10.0. The van der Waals surface area contributed by atoms with Gasteiger partial charge in [0.15, 0.2) is 0 Å². The van der Waals surface area contributed by atoms with Crippen LogP contribution in [0.2, 0.25) is 0 Å². The normalized spacial score (nSPS) is 11.3. The lowest BCUT2D eigenvalue weighted by molar-refractivity contribution is -0.123. The molecule has 1 amide bonds. The van der Waals surface area contributed by atoms with Crippen LogP contribution in [0.15, 0.2) is 18.2 Å². The predicted molar refractivity (Wildman–Crippen MR) is 75.4 cm³/mol. The second-order valence-electron chi connectivity index (χ2n) is 4.37. The highest BCUT2D eigenvalue weighted by molar-refractivity contribution is 5.81. The molecule has 0 radical (unpaired) electrons. The molecule has 5 heteroatoms. The maximum absolute atomic E-state index is 11.9. The third kappa shape index (κ3) is 4.16. The van der Waals surface area contributed by atoms with Crippen molar-refractivity contribution in [3.8, 4) is 17.6 Å². The van der Waals surface area contributed by atoms with Crippen molar-refractivity contribution in [1.82, 2.24) is 5.32 Å². The van der Waals surface area contributed by atoms with Gasteiger partial charge in [0.1, 0.15) is 17.4 Å². The van der Waals surface area contributed by atoms with Gasteiger partial charge < -0.3 is 14.8 Å². The fourth-order valence-electron chi connectivity index (χ4n) is 1.85. The zero-order valence-corrected chi connectivity index (χ0v) is 12.1. The van der Waals surface area contributed by atoms with E-state index in [1.54, 1.807) is 26.4 Å². The number of carbonyl (C=O) groups is 1. The molecule has 0 heterocycles. The van der Waals surface area contributed by atoms with Crippen LogP contribution in [-0.2, 0) is 11.3 Å². The molecular formula is C15H20N2O3. The van der Waals surface area contributed by atoms with E-state index >= 15 is 0 Å². The number of nitrogens with zero attached hydrogens (tertiary/aromatic N) is 1. The van der Waals surface area contributed by atoms with Gasteiger partial charge >= 0.3 is 0 Å². The number of nitriles is 1. The van der Waals surface area contributed by atoms with E-state index in [-0.39, 0.29) is 5.91 Å². The molecule has 0 spiro atoms. The fourth-order valence-corrected chi connectivity index (χ4v) is 1.85. The molecular weight excluding hydrogens is 256 g/mol. The maximum Gasteiger partial charge on any atom is 0.237 e. The van der Waals surface area contributed by atoms with Gasteiger partial charge in [-0.3, -0.25) is 4.79 Å². The van der Waals surface area contributed by atoms with E-state index in [4.69, 9.17) is 14.7 Å². The van der Waals surface area contributed by atoms with Gasteiger partial charge in [-0.15, -0.1) is 0 Å². The minimum absolute atomic E-state index is 0.243. The minimum Gasteiger partial charge on any atom is -0.497 e. The van der Waals surface area contributed by atoms with Crippen LogP contribution < -0.4 is 14.8 Å². The monoisotopic (exact) mass is 276 g/mol. The Balaban J connectivity index is 2.70. The standard InChI is InChI=1S/C15H20N2O3/c1-4-5-11(9-16)15(18)17-10-12-6-7-13(19-2)8-14(12)20-3/h6-8,11H,4-5,10H2,1-3H3,(H,17,18). The number of benzene rings is 1. The number of rotatable bonds is 7. The van der Waals surface area contributed by atoms with Crippen LogP contribution in [0, 0.1) is 17.2 Å². The lowest BCUT2D eigenvalue weighted by Crippen LogP contribution is -2.29. The molecule has 0 aliphatic heterocycles. The molecule has 1 rings (SSSR count). The van der Waals surface area contributed by atoms with E-state index in [0.717, 1.165) is 12.0 Å². The van der Waals surface area contributed by atoms with Gasteiger partial charge in [-0.1, -0.05) is 13.3 Å². The van der Waals surface area contributed by atoms with Crippen molar-refractivity contribution in [2.45, 2.75) is 26.3 Å². The minimum atomic E-state index is -0.593. The lowest BCUT2D eigenvalue weighted by Gasteiger charge is -2.13. The van der Waals surface area contributed by atoms with Crippen molar-refractivity contribution in [3.05, 3.63) is 23.8 Å². The summed E-state index contributed by atoms with van der Waals surface area (Å²) in [5, 5.41) is 11.7. The summed E-state index contributed by atoms with van der Waals surface area (Å²) in [6, 6.07) is 7.42. The van der Waals surface area contributed by atoms with Crippen molar-refractivity contribution < 1.29 is 14.3 Å². The Labute approximate surface area is 119 Å². The summed E-state index contributed by atoms with van der Waals surface area (Å²) in [4.78, 5) is 11.9. The molecule has 108 valence electrons. The Morgan fingerprint density at radius 2 is 2.15 bits per heavy atom. The van der Waals surface area contributed by atoms with Gasteiger partial charge in [-0.25, -0.2) is 0 Å². The van der Waals surface area contributed by atoms with Crippen molar-refractivity contribution in [3.63, 3.8) is 0 Å². The van der Waals surface area contributed by atoms with Crippen LogP contribution in [0.5, 0.6) is 11.5 Å². The summed E-state index contributed by atoms with van der Waals surface area (Å²) in [5.41, 5.74) is 0.842. The molecule has 1 atom stereocenters. The molecule has 1 aromatic carbocycles. The van der Waals surface area contributed by atoms with Gasteiger partial charge in [0.25, 0.3) is 0 Å². The first-order valence-electron chi connectivity index (χ1n) is 6.54. The van der Waals surface area contributed by atoms with Crippen LogP contribution in [0.25, 0.3) is 0 Å². The Morgan fingerprint density at radius 1 is 1.40 bits per heavy atom. The summed E-state index contributed by atoms with van der Waals surface area (Å²) >= 11 is 0. The van der Waals surface area contributed by atoms with Crippen LogP contribution in [-0.4, -0.2) is 20.1 Å². The SMILES string of the molecule is CCCC(C#N)C(=O)NCc1ccc(OC)cc1OC.